The van der Waals surface area contributed by atoms with Crippen molar-refractivity contribution in [1.29, 1.82) is 0 Å². The van der Waals surface area contributed by atoms with Crippen LogP contribution in [0.25, 0.3) is 144 Å². The van der Waals surface area contributed by atoms with Crippen LogP contribution in [0.2, 0.25) is 0 Å². The van der Waals surface area contributed by atoms with E-state index in [1.54, 1.807) is 11.3 Å². The summed E-state index contributed by atoms with van der Waals surface area (Å²) in [5.41, 5.74) is 32.8. The summed E-state index contributed by atoms with van der Waals surface area (Å²) in [6, 6.07) is 157. The maximum atomic E-state index is 5.74. The Labute approximate surface area is 791 Å². The fraction of sp³-hybridized carbons (Fsp3) is 0.144. The zero-order valence-electron chi connectivity index (χ0n) is 78.2. The second-order valence-electron chi connectivity index (χ2n) is 35.0. The molecule has 3 heterocycles. The van der Waals surface area contributed by atoms with Crippen molar-refractivity contribution in [3.63, 3.8) is 0 Å². The van der Waals surface area contributed by atoms with E-state index in [-0.39, 0.29) is 5.92 Å². The molecular weight excluding hydrogens is 1630 g/mol. The third kappa shape index (κ3) is 24.3. The molecule has 0 unspecified atom stereocenters. The van der Waals surface area contributed by atoms with Gasteiger partial charge in [0, 0.05) is 51.2 Å². The van der Waals surface area contributed by atoms with Crippen molar-refractivity contribution in [3.05, 3.63) is 477 Å². The predicted octanol–water partition coefficient (Wildman–Crippen LogP) is 35.6. The van der Waals surface area contributed by atoms with Gasteiger partial charge in [0.25, 0.3) is 0 Å². The molecule has 17 aromatic carbocycles. The summed E-state index contributed by atoms with van der Waals surface area (Å²) < 4.78 is 6.99. The monoisotopic (exact) mass is 1750 g/mol. The zero-order chi connectivity index (χ0) is 92.4. The number of thiazole rings is 1. The fourth-order valence-corrected chi connectivity index (χ4v) is 17.1. The minimum Gasteiger partial charge on any atom is -0.436 e. The van der Waals surface area contributed by atoms with Gasteiger partial charge in [0.1, 0.15) is 16.3 Å². The van der Waals surface area contributed by atoms with E-state index in [9.17, 15) is 0 Å². The number of hydrogen-bond donors (Lipinski definition) is 0. The predicted molar refractivity (Wildman–Crippen MR) is 567 cm³/mol. The molecule has 0 N–H and O–H groups in total. The highest BCUT2D eigenvalue weighted by Crippen LogP contribution is 2.42. The van der Waals surface area contributed by atoms with Crippen LogP contribution in [-0.2, 0) is 0 Å². The number of benzene rings is 17. The lowest BCUT2D eigenvalue weighted by molar-refractivity contribution is 0.620. The van der Waals surface area contributed by atoms with Crippen molar-refractivity contribution >= 4 is 44.0 Å². The van der Waals surface area contributed by atoms with Crippen LogP contribution in [0.5, 0.6) is 0 Å². The SMILES string of the molecule is CC(C)N(c1ccc(-c2ccccc2)cc1)c1ccc(-c2ccccc2)cc1-c1ccccc1.CC(C)c1cc(-c2ccccc2)ccc1-c1ccccc1.CC(C)c1ccc(-c2ccccc2)cc1-c1ccccc1.CC(C)c1ccc(-c2nc3ccccc3o2)cc1.CC(C)c1ccc(-c2nc3ccccc3s2)cc1.CC(C)c1nc(-c2ccccc2)nc(-c2ccccc2)n1. The maximum Gasteiger partial charge on any atom is 0.227 e. The molecule has 0 aliphatic heterocycles. The van der Waals surface area contributed by atoms with Crippen LogP contribution < -0.4 is 4.90 Å². The topological polar surface area (TPSA) is 80.8 Å². The van der Waals surface area contributed by atoms with Gasteiger partial charge in [0.15, 0.2) is 17.2 Å². The van der Waals surface area contributed by atoms with E-state index >= 15 is 0 Å². The molecule has 20 rings (SSSR count). The highest BCUT2D eigenvalue weighted by atomic mass is 32.1. The first-order valence-electron chi connectivity index (χ1n) is 46.4. The lowest BCUT2D eigenvalue weighted by Crippen LogP contribution is -2.26. The van der Waals surface area contributed by atoms with Crippen molar-refractivity contribution in [3.8, 4) is 123 Å². The van der Waals surface area contributed by atoms with Crippen LogP contribution in [0.3, 0.4) is 0 Å². The van der Waals surface area contributed by atoms with Crippen LogP contribution >= 0.6 is 11.3 Å². The molecule has 0 saturated heterocycles. The van der Waals surface area contributed by atoms with E-state index in [1.165, 1.54) is 122 Å². The van der Waals surface area contributed by atoms with Gasteiger partial charge in [0.05, 0.1) is 10.2 Å². The normalized spacial score (nSPS) is 11.0. The second-order valence-corrected chi connectivity index (χ2v) is 36.0. The largest absolute Gasteiger partial charge is 0.436 e. The third-order valence-corrected chi connectivity index (χ3v) is 24.5. The number of anilines is 2. The van der Waals surface area contributed by atoms with Gasteiger partial charge < -0.3 is 9.32 Å². The Morgan fingerprint density at radius 1 is 0.233 bits per heavy atom. The summed E-state index contributed by atoms with van der Waals surface area (Å²) in [6.45, 7) is 26.5. The Balaban J connectivity index is 0.000000124. The van der Waals surface area contributed by atoms with Gasteiger partial charge in [-0.15, -0.1) is 11.3 Å². The van der Waals surface area contributed by atoms with E-state index in [0.717, 1.165) is 55.8 Å². The number of hydrogen-bond acceptors (Lipinski definition) is 8. The number of aromatic nitrogens is 5. The van der Waals surface area contributed by atoms with Crippen LogP contribution in [0.15, 0.2) is 453 Å². The highest BCUT2D eigenvalue weighted by Gasteiger charge is 2.21. The molecule has 0 aliphatic rings. The summed E-state index contributed by atoms with van der Waals surface area (Å²) in [6.07, 6.45) is 0. The first kappa shape index (κ1) is 92.6. The van der Waals surface area contributed by atoms with Gasteiger partial charge in [-0.1, -0.05) is 451 Å². The Hall–Kier alpha value is -15.1. The average molecular weight is 1750 g/mol. The molecule has 7 nitrogen and oxygen atoms in total. The molecule has 0 aliphatic carbocycles. The van der Waals surface area contributed by atoms with E-state index in [1.807, 2.05) is 91.0 Å². The maximum absolute atomic E-state index is 5.74. The molecule has 0 atom stereocenters. The molecule has 658 valence electrons. The van der Waals surface area contributed by atoms with Crippen LogP contribution in [-0.4, -0.2) is 31.0 Å². The van der Waals surface area contributed by atoms with Crippen LogP contribution in [0, 0.1) is 0 Å². The lowest BCUT2D eigenvalue weighted by atomic mass is 9.89. The standard InChI is InChI=1S/C33H29N.2C21H20.C18H17N3.C16H15NO.C16H15NS/c1-25(2)34(31-21-18-28(19-22-31)26-12-6-3-7-13-26)33-23-20-30(27-14-8-4-9-15-27)24-32(33)29-16-10-5-11-17-29;1-16(2)21-15-19(17-9-5-3-6-10-17)13-14-20(21)18-11-7-4-8-12-18;1-16(2)20-14-13-19(17-9-5-3-6-10-17)15-21(20)18-11-7-4-8-12-18;1-13(2)16-19-17(14-9-5-3-6-10-14)21-18(20-16)15-11-7-4-8-12-15;2*1-11(2)12-7-9-13(10-8-12)16-17-14-5-3-4-6-15(14)18-16/h3-25H,1-2H3;2*3-16H,1-2H3;3-13H,1-2H3;2*3-11H,1-2H3. The number of nitrogens with zero attached hydrogens (tertiary/aromatic N) is 6. The first-order valence-corrected chi connectivity index (χ1v) is 47.2. The summed E-state index contributed by atoms with van der Waals surface area (Å²) in [4.78, 5) is 25.5. The quantitative estimate of drug-likeness (QED) is 0.0798. The second kappa shape index (κ2) is 45.4. The minimum absolute atomic E-state index is 0.262. The molecule has 0 bridgehead atoms. The smallest absolute Gasteiger partial charge is 0.227 e. The van der Waals surface area contributed by atoms with Crippen molar-refractivity contribution in [1.82, 2.24) is 24.9 Å². The van der Waals surface area contributed by atoms with Gasteiger partial charge in [-0.3, -0.25) is 0 Å². The number of fused-ring (bicyclic) bond motifs is 2. The molecule has 0 spiro atoms. The summed E-state index contributed by atoms with van der Waals surface area (Å²) in [7, 11) is 0. The highest BCUT2D eigenvalue weighted by molar-refractivity contribution is 7.21. The Bertz CT molecular complexity index is 6750. The zero-order valence-corrected chi connectivity index (χ0v) is 79.0. The molecule has 133 heavy (non-hydrogen) atoms. The van der Waals surface area contributed by atoms with Crippen molar-refractivity contribution in [2.45, 2.75) is 119 Å². The summed E-state index contributed by atoms with van der Waals surface area (Å²) >= 11 is 1.75. The van der Waals surface area contributed by atoms with E-state index in [0.29, 0.717) is 35.6 Å². The van der Waals surface area contributed by atoms with Crippen LogP contribution in [0.4, 0.5) is 11.4 Å². The molecule has 0 radical (unpaired) electrons. The van der Waals surface area contributed by atoms with Crippen molar-refractivity contribution in [2.24, 2.45) is 0 Å². The van der Waals surface area contributed by atoms with E-state index in [2.05, 4.69) is 471 Å². The van der Waals surface area contributed by atoms with E-state index in [4.69, 9.17) is 4.42 Å². The Morgan fingerprint density at radius 3 is 1.02 bits per heavy atom. The van der Waals surface area contributed by atoms with Gasteiger partial charge in [-0.25, -0.2) is 24.9 Å². The average Bonchev–Trinajstić information content (AvgIpc) is 1.65. The first-order chi connectivity index (χ1) is 64.9. The molecule has 0 fully saturated rings. The summed E-state index contributed by atoms with van der Waals surface area (Å²) in [5.74, 6) is 5.37. The molecule has 0 amide bonds. The van der Waals surface area contributed by atoms with E-state index < -0.39 is 0 Å². The number of para-hydroxylation sites is 3. The third-order valence-electron chi connectivity index (χ3n) is 23.4. The molecule has 0 saturated carbocycles. The van der Waals surface area contributed by atoms with Gasteiger partial charge in [0.2, 0.25) is 5.89 Å². The van der Waals surface area contributed by atoms with Crippen LogP contribution in [0.1, 0.15) is 141 Å². The summed E-state index contributed by atoms with van der Waals surface area (Å²) in [5, 5.41) is 1.10. The molecule has 20 aromatic rings. The van der Waals surface area contributed by atoms with Crippen molar-refractivity contribution < 1.29 is 4.42 Å². The molecule has 3 aromatic heterocycles. The van der Waals surface area contributed by atoms with Gasteiger partial charge >= 0.3 is 0 Å². The molecule has 8 heteroatoms. The Morgan fingerprint density at radius 2 is 0.586 bits per heavy atom. The number of oxazole rings is 1. The van der Waals surface area contributed by atoms with Gasteiger partial charge in [-0.2, -0.15) is 0 Å². The fourth-order valence-electron chi connectivity index (χ4n) is 16.1. The number of rotatable bonds is 19. The van der Waals surface area contributed by atoms with Gasteiger partial charge in [-0.05, 0) is 199 Å². The molecular formula is C125H116N6OS. The van der Waals surface area contributed by atoms with Crippen molar-refractivity contribution in [2.75, 3.05) is 4.90 Å². The lowest BCUT2D eigenvalue weighted by Gasteiger charge is -2.32. The minimum atomic E-state index is 0.262. The Kier molecular flexibility index (Phi) is 31.6.